The van der Waals surface area contributed by atoms with Gasteiger partial charge in [0.1, 0.15) is 0 Å². The monoisotopic (exact) mass is 352 g/mol. The molecule has 7 heteroatoms. The SMILES string of the molecule is Cc1c(Cl)cccc1NC(=O)CN1CCCC(C(=O)NCCN)C1. The van der Waals surface area contributed by atoms with Crippen LogP contribution < -0.4 is 16.4 Å². The minimum Gasteiger partial charge on any atom is -0.355 e. The van der Waals surface area contributed by atoms with Crippen LogP contribution >= 0.6 is 11.6 Å². The molecule has 0 spiro atoms. The molecule has 1 aliphatic heterocycles. The molecule has 132 valence electrons. The van der Waals surface area contributed by atoms with Crippen LogP contribution in [0.5, 0.6) is 0 Å². The Morgan fingerprint density at radius 1 is 1.42 bits per heavy atom. The molecule has 6 nitrogen and oxygen atoms in total. The molecule has 1 atom stereocenters. The average molecular weight is 353 g/mol. The van der Waals surface area contributed by atoms with E-state index in [0.717, 1.165) is 30.6 Å². The molecular weight excluding hydrogens is 328 g/mol. The standard InChI is InChI=1S/C17H25ClN4O2/c1-12-14(18)5-2-6-15(12)21-16(23)11-22-9-3-4-13(10-22)17(24)20-8-7-19/h2,5-6,13H,3-4,7-11,19H2,1H3,(H,20,24)(H,21,23). The van der Waals surface area contributed by atoms with E-state index >= 15 is 0 Å². The topological polar surface area (TPSA) is 87.5 Å². The van der Waals surface area contributed by atoms with Gasteiger partial charge in [0, 0.05) is 30.3 Å². The van der Waals surface area contributed by atoms with E-state index < -0.39 is 0 Å². The number of hydrogen-bond donors (Lipinski definition) is 3. The fraction of sp³-hybridized carbons (Fsp3) is 0.529. The Morgan fingerprint density at radius 2 is 2.21 bits per heavy atom. The molecule has 0 aliphatic carbocycles. The number of halogens is 1. The number of benzene rings is 1. The van der Waals surface area contributed by atoms with Gasteiger partial charge in [-0.15, -0.1) is 0 Å². The second kappa shape index (κ2) is 9.01. The third-order valence-electron chi connectivity index (χ3n) is 4.23. The Bertz CT molecular complexity index is 594. The summed E-state index contributed by atoms with van der Waals surface area (Å²) in [5, 5.41) is 6.35. The largest absolute Gasteiger partial charge is 0.355 e. The van der Waals surface area contributed by atoms with Crippen molar-refractivity contribution >= 4 is 29.1 Å². The lowest BCUT2D eigenvalue weighted by Crippen LogP contribution is -2.46. The highest BCUT2D eigenvalue weighted by Gasteiger charge is 2.26. The summed E-state index contributed by atoms with van der Waals surface area (Å²) in [6, 6.07) is 5.43. The average Bonchev–Trinajstić information content (AvgIpc) is 2.57. The Morgan fingerprint density at radius 3 is 2.96 bits per heavy atom. The van der Waals surface area contributed by atoms with Crippen molar-refractivity contribution < 1.29 is 9.59 Å². The highest BCUT2D eigenvalue weighted by Crippen LogP contribution is 2.23. The van der Waals surface area contributed by atoms with E-state index in [0.29, 0.717) is 24.7 Å². The molecule has 0 radical (unpaired) electrons. The van der Waals surface area contributed by atoms with Crippen LogP contribution in [0.25, 0.3) is 0 Å². The van der Waals surface area contributed by atoms with Crippen LogP contribution in [0.15, 0.2) is 18.2 Å². The van der Waals surface area contributed by atoms with Gasteiger partial charge in [-0.3, -0.25) is 14.5 Å². The molecule has 1 unspecified atom stereocenters. The molecule has 1 heterocycles. The zero-order valence-corrected chi connectivity index (χ0v) is 14.7. The Kier molecular flexibility index (Phi) is 7.02. The van der Waals surface area contributed by atoms with Crippen LogP contribution in [0.3, 0.4) is 0 Å². The van der Waals surface area contributed by atoms with Gasteiger partial charge in [0.05, 0.1) is 12.5 Å². The van der Waals surface area contributed by atoms with Crippen LogP contribution in [-0.2, 0) is 9.59 Å². The number of carbonyl (C=O) groups is 2. The number of piperidine rings is 1. The third-order valence-corrected chi connectivity index (χ3v) is 4.64. The van der Waals surface area contributed by atoms with Crippen molar-refractivity contribution in [1.29, 1.82) is 0 Å². The van der Waals surface area contributed by atoms with E-state index in [1.165, 1.54) is 0 Å². The highest BCUT2D eigenvalue weighted by atomic mass is 35.5. The van der Waals surface area contributed by atoms with E-state index in [1.54, 1.807) is 6.07 Å². The van der Waals surface area contributed by atoms with Gasteiger partial charge in [0.2, 0.25) is 11.8 Å². The lowest BCUT2D eigenvalue weighted by Gasteiger charge is -2.31. The maximum atomic E-state index is 12.3. The molecule has 24 heavy (non-hydrogen) atoms. The summed E-state index contributed by atoms with van der Waals surface area (Å²) in [5.74, 6) is -0.148. The molecule has 0 saturated carbocycles. The fourth-order valence-corrected chi connectivity index (χ4v) is 3.06. The summed E-state index contributed by atoms with van der Waals surface area (Å²) >= 11 is 6.07. The van der Waals surface area contributed by atoms with Gasteiger partial charge in [-0.2, -0.15) is 0 Å². The predicted molar refractivity (Wildman–Crippen MR) is 96.0 cm³/mol. The van der Waals surface area contributed by atoms with E-state index in [1.807, 2.05) is 24.0 Å². The summed E-state index contributed by atoms with van der Waals surface area (Å²) in [6.07, 6.45) is 1.76. The first kappa shape index (κ1) is 18.7. The summed E-state index contributed by atoms with van der Waals surface area (Å²) < 4.78 is 0. The minimum atomic E-state index is -0.0941. The fourth-order valence-electron chi connectivity index (χ4n) is 2.89. The number of amides is 2. The summed E-state index contributed by atoms with van der Waals surface area (Å²) in [4.78, 5) is 26.4. The van der Waals surface area contributed by atoms with Gasteiger partial charge in [-0.05, 0) is 44.0 Å². The van der Waals surface area contributed by atoms with Gasteiger partial charge >= 0.3 is 0 Å². The number of nitrogens with one attached hydrogen (secondary N) is 2. The second-order valence-electron chi connectivity index (χ2n) is 6.11. The molecule has 1 aliphatic rings. The van der Waals surface area contributed by atoms with E-state index in [9.17, 15) is 9.59 Å². The van der Waals surface area contributed by atoms with Gasteiger partial charge in [0.15, 0.2) is 0 Å². The number of carbonyl (C=O) groups excluding carboxylic acids is 2. The third kappa shape index (κ3) is 5.19. The molecule has 1 aromatic carbocycles. The van der Waals surface area contributed by atoms with Crippen LogP contribution in [0.2, 0.25) is 5.02 Å². The maximum absolute atomic E-state index is 12.3. The van der Waals surface area contributed by atoms with E-state index in [2.05, 4.69) is 10.6 Å². The van der Waals surface area contributed by atoms with Crippen molar-refractivity contribution in [2.45, 2.75) is 19.8 Å². The minimum absolute atomic E-state index is 0.0243. The lowest BCUT2D eigenvalue weighted by atomic mass is 9.97. The smallest absolute Gasteiger partial charge is 0.238 e. The van der Waals surface area contributed by atoms with Crippen molar-refractivity contribution in [2.24, 2.45) is 11.7 Å². The zero-order chi connectivity index (χ0) is 17.5. The van der Waals surface area contributed by atoms with Crippen LogP contribution in [0.4, 0.5) is 5.69 Å². The molecule has 2 rings (SSSR count). The first-order valence-corrected chi connectivity index (χ1v) is 8.64. The van der Waals surface area contributed by atoms with Crippen molar-refractivity contribution in [1.82, 2.24) is 10.2 Å². The van der Waals surface area contributed by atoms with Crippen LogP contribution in [0, 0.1) is 12.8 Å². The van der Waals surface area contributed by atoms with Gasteiger partial charge in [-0.25, -0.2) is 0 Å². The number of rotatable bonds is 6. The first-order valence-electron chi connectivity index (χ1n) is 8.26. The van der Waals surface area contributed by atoms with Crippen LogP contribution in [-0.4, -0.2) is 49.4 Å². The number of anilines is 1. The molecule has 2 amide bonds. The first-order chi connectivity index (χ1) is 11.5. The lowest BCUT2D eigenvalue weighted by molar-refractivity contribution is -0.127. The van der Waals surface area contributed by atoms with Crippen molar-refractivity contribution in [2.75, 3.05) is 38.0 Å². The maximum Gasteiger partial charge on any atom is 0.238 e. The Hall–Kier alpha value is -1.63. The van der Waals surface area contributed by atoms with Crippen molar-refractivity contribution in [3.8, 4) is 0 Å². The van der Waals surface area contributed by atoms with Crippen LogP contribution in [0.1, 0.15) is 18.4 Å². The second-order valence-corrected chi connectivity index (χ2v) is 6.52. The van der Waals surface area contributed by atoms with E-state index in [-0.39, 0.29) is 24.3 Å². The number of nitrogens with zero attached hydrogens (tertiary/aromatic N) is 1. The predicted octanol–water partition coefficient (Wildman–Crippen LogP) is 1.37. The van der Waals surface area contributed by atoms with Crippen molar-refractivity contribution in [3.05, 3.63) is 28.8 Å². The molecule has 0 aromatic heterocycles. The normalized spacial score (nSPS) is 18.2. The molecule has 1 fully saturated rings. The summed E-state index contributed by atoms with van der Waals surface area (Å²) in [7, 11) is 0. The highest BCUT2D eigenvalue weighted by molar-refractivity contribution is 6.31. The molecule has 4 N–H and O–H groups in total. The number of nitrogens with two attached hydrogens (primary N) is 1. The Labute approximate surface area is 147 Å². The molecule has 1 saturated heterocycles. The Balaban J connectivity index is 1.87. The van der Waals surface area contributed by atoms with E-state index in [4.69, 9.17) is 17.3 Å². The summed E-state index contributed by atoms with van der Waals surface area (Å²) in [6.45, 7) is 4.48. The van der Waals surface area contributed by atoms with Gasteiger partial charge in [-0.1, -0.05) is 17.7 Å². The van der Waals surface area contributed by atoms with Gasteiger partial charge in [0.25, 0.3) is 0 Å². The zero-order valence-electron chi connectivity index (χ0n) is 14.0. The molecule has 0 bridgehead atoms. The molecule has 1 aromatic rings. The van der Waals surface area contributed by atoms with Crippen molar-refractivity contribution in [3.63, 3.8) is 0 Å². The quantitative estimate of drug-likeness (QED) is 0.721. The number of hydrogen-bond acceptors (Lipinski definition) is 4. The number of likely N-dealkylation sites (tertiary alicyclic amines) is 1. The summed E-state index contributed by atoms with van der Waals surface area (Å²) in [5.41, 5.74) is 6.98. The molecular formula is C17H25ClN4O2. The van der Waals surface area contributed by atoms with Gasteiger partial charge < -0.3 is 16.4 Å².